The smallest absolute Gasteiger partial charge is 0.300 e. The number of aromatic amines is 1. The first-order chi connectivity index (χ1) is 31.6. The van der Waals surface area contributed by atoms with Crippen molar-refractivity contribution >= 4 is 44.0 Å². The lowest BCUT2D eigenvalue weighted by Crippen LogP contribution is -2.54. The van der Waals surface area contributed by atoms with Crippen LogP contribution in [0.5, 0.6) is 17.4 Å². The van der Waals surface area contributed by atoms with E-state index in [-0.39, 0.29) is 35.5 Å². The number of anilines is 2. The number of pyridine rings is 2. The second-order valence-electron chi connectivity index (χ2n) is 18.4. The second kappa shape index (κ2) is 16.5. The monoisotopic (exact) mass is 894 g/mol. The van der Waals surface area contributed by atoms with Gasteiger partial charge in [-0.3, -0.25) is 19.8 Å². The van der Waals surface area contributed by atoms with Gasteiger partial charge in [0.05, 0.1) is 28.8 Å². The lowest BCUT2D eigenvalue weighted by Gasteiger charge is -2.56. The molecule has 6 heterocycles. The summed E-state index contributed by atoms with van der Waals surface area (Å²) in [6.07, 6.45) is 13.4. The molecule has 16 heteroatoms. The Morgan fingerprint density at radius 3 is 2.52 bits per heavy atom. The summed E-state index contributed by atoms with van der Waals surface area (Å²) in [7, 11) is -4.75. The van der Waals surface area contributed by atoms with Crippen LogP contribution in [0.4, 0.5) is 17.1 Å². The number of carbonyl (C=O) groups is 1. The number of hydrogen-bond acceptors (Lipinski definition) is 12. The Labute approximate surface area is 376 Å². The Morgan fingerprint density at radius 2 is 1.74 bits per heavy atom. The number of benzene rings is 3. The average molecular weight is 895 g/mol. The highest BCUT2D eigenvalue weighted by Gasteiger charge is 2.50. The molecule has 2 saturated carbocycles. The number of nitrogens with one attached hydrogen (secondary N) is 3. The van der Waals surface area contributed by atoms with Gasteiger partial charge >= 0.3 is 5.69 Å². The van der Waals surface area contributed by atoms with E-state index in [1.807, 2.05) is 42.5 Å². The maximum Gasteiger partial charge on any atom is 0.300 e. The van der Waals surface area contributed by atoms with Gasteiger partial charge in [-0.05, 0) is 117 Å². The summed E-state index contributed by atoms with van der Waals surface area (Å²) in [5.41, 5.74) is 5.31. The number of sulfonamides is 1. The highest BCUT2D eigenvalue weighted by atomic mass is 32.2. The second-order valence-corrected chi connectivity index (χ2v) is 20.0. The molecule has 3 aromatic heterocycles. The summed E-state index contributed by atoms with van der Waals surface area (Å²) in [6, 6.07) is 29.1. The number of ether oxygens (including phenoxy) is 2. The molecule has 15 nitrogen and oxygen atoms in total. The van der Waals surface area contributed by atoms with Crippen LogP contribution in [0.15, 0.2) is 108 Å². The molecule has 11 rings (SSSR count). The van der Waals surface area contributed by atoms with E-state index >= 15 is 0 Å². The number of amides is 1. The van der Waals surface area contributed by atoms with Gasteiger partial charge in [-0.1, -0.05) is 54.6 Å². The van der Waals surface area contributed by atoms with Gasteiger partial charge in [0.15, 0.2) is 10.7 Å². The number of rotatable bonds is 12. The van der Waals surface area contributed by atoms with Crippen molar-refractivity contribution in [2.75, 3.05) is 36.5 Å². The number of piperidine rings is 1. The van der Waals surface area contributed by atoms with Crippen molar-refractivity contribution in [2.45, 2.75) is 86.9 Å². The molecule has 3 N–H and O–H groups in total. The zero-order valence-electron chi connectivity index (χ0n) is 35.8. The van der Waals surface area contributed by atoms with Crippen LogP contribution in [0.1, 0.15) is 90.4 Å². The number of nitrogens with zero attached hydrogens (tertiary/aromatic N) is 5. The zero-order valence-corrected chi connectivity index (χ0v) is 36.6. The molecule has 0 radical (unpaired) electrons. The molecule has 2 saturated heterocycles. The molecule has 5 aliphatic rings. The van der Waals surface area contributed by atoms with E-state index in [0.717, 1.165) is 54.6 Å². The molecule has 6 aromatic rings. The van der Waals surface area contributed by atoms with Gasteiger partial charge in [0, 0.05) is 48.5 Å². The predicted octanol–water partition coefficient (Wildman–Crippen LogP) is 8.66. The van der Waals surface area contributed by atoms with Crippen molar-refractivity contribution in [1.82, 2.24) is 24.6 Å². The molecule has 1 amide bonds. The van der Waals surface area contributed by atoms with Crippen LogP contribution < -0.4 is 24.4 Å². The fourth-order valence-electron chi connectivity index (χ4n) is 10.7. The van der Waals surface area contributed by atoms with Gasteiger partial charge in [-0.25, -0.2) is 9.71 Å². The number of likely N-dealkylation sites (tertiary alicyclic amines) is 1. The topological polar surface area (TPSA) is 185 Å². The highest BCUT2D eigenvalue weighted by molar-refractivity contribution is 7.90. The number of aromatic nitrogens is 3. The molecule has 3 aliphatic heterocycles. The van der Waals surface area contributed by atoms with Gasteiger partial charge in [-0.15, -0.1) is 0 Å². The molecule has 0 bridgehead atoms. The third-order valence-corrected chi connectivity index (χ3v) is 15.4. The lowest BCUT2D eigenvalue weighted by atomic mass is 9.59. The largest absolute Gasteiger partial charge is 0.474 e. The Kier molecular flexibility index (Phi) is 10.4. The van der Waals surface area contributed by atoms with E-state index in [4.69, 9.17) is 9.47 Å². The molecule has 2 aliphatic carbocycles. The maximum absolute atomic E-state index is 14.1. The summed E-state index contributed by atoms with van der Waals surface area (Å²) in [5, 5.41) is 15.5. The van der Waals surface area contributed by atoms with Gasteiger partial charge in [0.1, 0.15) is 23.8 Å². The van der Waals surface area contributed by atoms with E-state index in [2.05, 4.69) is 59.1 Å². The van der Waals surface area contributed by atoms with Gasteiger partial charge in [0.2, 0.25) is 5.88 Å². The summed E-state index contributed by atoms with van der Waals surface area (Å²) in [4.78, 5) is 42.4. The molecule has 2 atom stereocenters. The first-order valence-corrected chi connectivity index (χ1v) is 24.1. The highest BCUT2D eigenvalue weighted by Crippen LogP contribution is 2.55. The Hall–Kier alpha value is -6.52. The average Bonchev–Trinajstić information content (AvgIpc) is 3.85. The molecule has 0 unspecified atom stereocenters. The number of H-pyrrole nitrogens is 1. The minimum absolute atomic E-state index is 0.0296. The molecule has 65 heavy (non-hydrogen) atoms. The van der Waals surface area contributed by atoms with Crippen molar-refractivity contribution in [1.29, 1.82) is 0 Å². The van der Waals surface area contributed by atoms with Crippen molar-refractivity contribution in [2.24, 2.45) is 5.41 Å². The van der Waals surface area contributed by atoms with Crippen LogP contribution in [0.2, 0.25) is 0 Å². The first kappa shape index (κ1) is 41.2. The zero-order chi connectivity index (χ0) is 44.3. The van der Waals surface area contributed by atoms with Crippen LogP contribution in [0, 0.1) is 15.5 Å². The maximum atomic E-state index is 14.1. The molecular weight excluding hydrogens is 845 g/mol. The van der Waals surface area contributed by atoms with Crippen LogP contribution >= 0.6 is 0 Å². The third-order valence-electron chi connectivity index (χ3n) is 14.2. The Bertz CT molecular complexity index is 2910. The first-order valence-electron chi connectivity index (χ1n) is 22.6. The van der Waals surface area contributed by atoms with Crippen LogP contribution in [-0.4, -0.2) is 77.4 Å². The fourth-order valence-corrected chi connectivity index (χ4v) is 11.6. The van der Waals surface area contributed by atoms with Crippen LogP contribution in [0.25, 0.3) is 11.0 Å². The van der Waals surface area contributed by atoms with Gasteiger partial charge in [0.25, 0.3) is 15.9 Å². The van der Waals surface area contributed by atoms with Gasteiger partial charge < -0.3 is 24.7 Å². The Balaban J connectivity index is 0.805. The van der Waals surface area contributed by atoms with Crippen LogP contribution in [0.3, 0.4) is 0 Å². The van der Waals surface area contributed by atoms with Gasteiger partial charge in [-0.2, -0.15) is 13.4 Å². The van der Waals surface area contributed by atoms with Crippen molar-refractivity contribution in [3.05, 3.63) is 136 Å². The number of fused-ring (bicyclic) bond motifs is 2. The summed E-state index contributed by atoms with van der Waals surface area (Å²) < 4.78 is 42.0. The number of nitro groups is 1. The van der Waals surface area contributed by atoms with Crippen molar-refractivity contribution in [3.8, 4) is 17.4 Å². The minimum atomic E-state index is -4.75. The number of hydrogen-bond donors (Lipinski definition) is 3. The summed E-state index contributed by atoms with van der Waals surface area (Å²) in [6.45, 7) is 2.93. The molecular formula is C49H50N8O7S. The van der Waals surface area contributed by atoms with Crippen LogP contribution in [-0.2, 0) is 16.4 Å². The molecule has 1 spiro atoms. The van der Waals surface area contributed by atoms with E-state index in [9.17, 15) is 23.3 Å². The Morgan fingerprint density at radius 1 is 0.954 bits per heavy atom. The standard InChI is InChI=1S/C49H50N8O7S/c58-47(54-65(61,62)44-26-42(57(59)60)45-48(53-44)63-30-34(52-45)23-31-7-2-1-3-8-31)40-15-14-35(25-43(40)64-37-24-33-16-19-50-46(33)51-29-37)55-21-17-49(18-22-55)27-36(28-49)56-20-6-11-41(56)39-10-5-4-9-38(39)32-12-13-32/h1-5,7-10,14-16,19,24-26,29,32,34,36,41,52H,6,11-13,17-18,20-23,27-28,30H2,(H,50,51)(H,54,58)/t34-,41-/m1/s1. The fraction of sp³-hybridized carbons (Fsp3) is 0.367. The van der Waals surface area contributed by atoms with E-state index < -0.39 is 31.6 Å². The normalized spacial score (nSPS) is 20.7. The SMILES string of the molecule is O=C(NS(=O)(=O)c1cc([N+](=O)[O-])c2c(n1)OC[C@@H](Cc1ccccc1)N2)c1ccc(N2CCC3(CC2)CC(N2CCC[C@@H]2c2ccccc2C2CC2)C3)cc1Oc1cnc2[nH]ccc2c1. The number of carbonyl (C=O) groups excluding carboxylic acids is 1. The molecule has 4 fully saturated rings. The minimum Gasteiger partial charge on any atom is -0.474 e. The lowest BCUT2D eigenvalue weighted by molar-refractivity contribution is -0.384. The quantitative estimate of drug-likeness (QED) is 0.0786. The third kappa shape index (κ3) is 8.13. The van der Waals surface area contributed by atoms with E-state index in [1.165, 1.54) is 51.3 Å². The summed E-state index contributed by atoms with van der Waals surface area (Å²) >= 11 is 0. The van der Waals surface area contributed by atoms with E-state index in [1.54, 1.807) is 35.5 Å². The van der Waals surface area contributed by atoms with E-state index in [0.29, 0.717) is 35.3 Å². The summed E-state index contributed by atoms with van der Waals surface area (Å²) in [5.74, 6) is -0.0170. The predicted molar refractivity (Wildman–Crippen MR) is 245 cm³/mol. The molecule has 3 aromatic carbocycles. The van der Waals surface area contributed by atoms with Crippen molar-refractivity contribution < 1.29 is 27.6 Å². The molecule has 334 valence electrons. The van der Waals surface area contributed by atoms with Crippen molar-refractivity contribution in [3.63, 3.8) is 0 Å².